The summed E-state index contributed by atoms with van der Waals surface area (Å²) in [7, 11) is -1.83. The van der Waals surface area contributed by atoms with Gasteiger partial charge in [-0.25, -0.2) is 5.82 Å². The van der Waals surface area contributed by atoms with Gasteiger partial charge in [-0.2, -0.15) is 5.54 Å². The van der Waals surface area contributed by atoms with Crippen molar-refractivity contribution in [3.63, 3.8) is 0 Å². The molecule has 0 saturated carbocycles. The molecule has 6 heteroatoms. The molecule has 0 saturated heterocycles. The van der Waals surface area contributed by atoms with Crippen LogP contribution in [0.3, 0.4) is 0 Å². The molecule has 0 bridgehead atoms. The van der Waals surface area contributed by atoms with E-state index in [9.17, 15) is 12.9 Å². The Morgan fingerprint density at radius 2 is 1.45 bits per heavy atom. The summed E-state index contributed by atoms with van der Waals surface area (Å²) in [4.78, 5) is 0. The van der Waals surface area contributed by atoms with Gasteiger partial charge in [0, 0.05) is 0 Å². The average Bonchev–Trinajstić information content (AvgIpc) is 1.57. The van der Waals surface area contributed by atoms with Crippen molar-refractivity contribution in [2.24, 2.45) is 0 Å². The van der Waals surface area contributed by atoms with Crippen molar-refractivity contribution in [1.29, 1.82) is 0 Å². The summed E-state index contributed by atoms with van der Waals surface area (Å²) in [5, 5.41) is 0. The minimum Gasteiger partial charge on any atom is -0.438 e. The Balaban J connectivity index is 0. The molecule has 0 spiro atoms. The Kier molecular flexibility index (Phi) is 6.85. The Bertz CT molecular complexity index is 155. The van der Waals surface area contributed by atoms with E-state index in [4.69, 9.17) is 0 Å². The maximum atomic E-state index is 11.5. The predicted molar refractivity (Wildman–Crippen MR) is 40.2 cm³/mol. The van der Waals surface area contributed by atoms with Crippen LogP contribution in [0, 0.1) is 11.4 Å². The fraction of sp³-hybridized carbons (Fsp3) is 0.600. The number of hydrogen-bond acceptors (Lipinski definition) is 0. The molecular weight excluding hydrogens is 195 g/mol. The van der Waals surface area contributed by atoms with E-state index >= 15 is 0 Å². The van der Waals surface area contributed by atoms with Gasteiger partial charge >= 0.3 is 58.4 Å². The standard InChI is InChI=1S/C5H9BF3Si.K/c1-10(2,3)5-4-6(7,8)9;/h1-3H3;/q-1;+1. The zero-order chi connectivity index (χ0) is 8.41. The van der Waals surface area contributed by atoms with E-state index in [1.807, 2.05) is 0 Å². The van der Waals surface area contributed by atoms with Gasteiger partial charge in [0.15, 0.2) is 0 Å². The molecule has 0 unspecified atom stereocenters. The van der Waals surface area contributed by atoms with E-state index in [1.165, 1.54) is 5.82 Å². The summed E-state index contributed by atoms with van der Waals surface area (Å²) in [5.74, 6) is 1.34. The van der Waals surface area contributed by atoms with Gasteiger partial charge in [0.2, 0.25) is 0 Å². The molecule has 0 fully saturated rings. The minimum absolute atomic E-state index is 0. The Labute approximate surface area is 109 Å². The first kappa shape index (κ1) is 14.8. The third kappa shape index (κ3) is 14.2. The van der Waals surface area contributed by atoms with Gasteiger partial charge in [-0.3, -0.25) is 0 Å². The topological polar surface area (TPSA) is 0 Å². The monoisotopic (exact) mass is 204 g/mol. The second-order valence-electron chi connectivity index (χ2n) is 3.09. The third-order valence-corrected chi connectivity index (χ3v) is 1.51. The normalized spacial score (nSPS) is 11.1. The Hall–Kier alpha value is 1.27. The van der Waals surface area contributed by atoms with Crippen LogP contribution in [0.4, 0.5) is 12.9 Å². The summed E-state index contributed by atoms with van der Waals surface area (Å²) in [6.45, 7) is 0.446. The van der Waals surface area contributed by atoms with E-state index in [1.54, 1.807) is 19.6 Å². The van der Waals surface area contributed by atoms with Crippen LogP contribution in [0.5, 0.6) is 0 Å². The van der Waals surface area contributed by atoms with Crippen LogP contribution < -0.4 is 51.4 Å². The molecule has 0 aliphatic carbocycles. The number of hydrogen-bond donors (Lipinski definition) is 0. The Morgan fingerprint density at radius 1 is 1.09 bits per heavy atom. The molecule has 0 aromatic heterocycles. The smallest absolute Gasteiger partial charge is 0.438 e. The number of rotatable bonds is 0. The van der Waals surface area contributed by atoms with E-state index in [2.05, 4.69) is 5.54 Å². The van der Waals surface area contributed by atoms with Crippen LogP contribution >= 0.6 is 0 Å². The average molecular weight is 204 g/mol. The van der Waals surface area contributed by atoms with Crippen LogP contribution in [0.2, 0.25) is 19.6 Å². The van der Waals surface area contributed by atoms with E-state index in [0.29, 0.717) is 0 Å². The molecule has 0 aromatic carbocycles. The molecule has 11 heavy (non-hydrogen) atoms. The first-order valence-corrected chi connectivity index (χ1v) is 6.44. The van der Waals surface area contributed by atoms with Gasteiger partial charge in [0.25, 0.3) is 0 Å². The van der Waals surface area contributed by atoms with E-state index in [-0.39, 0.29) is 51.4 Å². The first-order valence-electron chi connectivity index (χ1n) is 2.94. The largest absolute Gasteiger partial charge is 1.00 e. The van der Waals surface area contributed by atoms with Gasteiger partial charge < -0.3 is 12.9 Å². The number of halogens is 3. The van der Waals surface area contributed by atoms with Crippen LogP contribution in [-0.4, -0.2) is 15.1 Å². The van der Waals surface area contributed by atoms with Gasteiger partial charge in [-0.15, -0.1) is 0 Å². The summed E-state index contributed by atoms with van der Waals surface area (Å²) >= 11 is 0. The van der Waals surface area contributed by atoms with Crippen molar-refractivity contribution in [3.8, 4) is 11.4 Å². The molecule has 0 aliphatic heterocycles. The second kappa shape index (κ2) is 5.10. The van der Waals surface area contributed by atoms with Gasteiger partial charge in [-0.1, -0.05) is 19.6 Å². The molecule has 0 N–H and O–H groups in total. The molecule has 0 heterocycles. The van der Waals surface area contributed by atoms with Crippen molar-refractivity contribution in [2.75, 3.05) is 0 Å². The molecule has 58 valence electrons. The molecule has 0 radical (unpaired) electrons. The summed E-state index contributed by atoms with van der Waals surface area (Å²) in [5.41, 5.74) is 2.25. The predicted octanol–water partition coefficient (Wildman–Crippen LogP) is -0.742. The van der Waals surface area contributed by atoms with Crippen LogP contribution in [0.25, 0.3) is 0 Å². The zero-order valence-corrected chi connectivity index (χ0v) is 11.3. The van der Waals surface area contributed by atoms with E-state index in [0.717, 1.165) is 0 Å². The fourth-order valence-electron chi connectivity index (χ4n) is 0.298. The second-order valence-corrected chi connectivity index (χ2v) is 7.84. The molecule has 0 nitrogen and oxygen atoms in total. The van der Waals surface area contributed by atoms with Gasteiger partial charge in [0.05, 0.1) is 0 Å². The molecule has 0 aliphatic rings. The molecular formula is C5H9BF3KSi. The minimum atomic E-state index is -4.89. The van der Waals surface area contributed by atoms with Gasteiger partial charge in [0.1, 0.15) is 8.07 Å². The summed E-state index contributed by atoms with van der Waals surface area (Å²) < 4.78 is 34.5. The van der Waals surface area contributed by atoms with Crippen molar-refractivity contribution in [1.82, 2.24) is 0 Å². The maximum Gasteiger partial charge on any atom is 1.00 e. The van der Waals surface area contributed by atoms with Crippen LogP contribution in [-0.2, 0) is 0 Å². The van der Waals surface area contributed by atoms with Crippen molar-refractivity contribution in [3.05, 3.63) is 0 Å². The molecule has 0 aromatic rings. The van der Waals surface area contributed by atoms with Crippen molar-refractivity contribution < 1.29 is 64.3 Å². The quantitative estimate of drug-likeness (QED) is 0.360. The summed E-state index contributed by atoms with van der Waals surface area (Å²) in [6.07, 6.45) is 0. The third-order valence-electron chi connectivity index (χ3n) is 0.611. The van der Waals surface area contributed by atoms with Crippen molar-refractivity contribution >= 4 is 15.1 Å². The maximum absolute atomic E-state index is 11.5. The van der Waals surface area contributed by atoms with Crippen LogP contribution in [0.1, 0.15) is 0 Å². The van der Waals surface area contributed by atoms with E-state index < -0.39 is 15.1 Å². The first-order chi connectivity index (χ1) is 4.21. The molecule has 0 amide bonds. The zero-order valence-electron chi connectivity index (χ0n) is 7.21. The summed E-state index contributed by atoms with van der Waals surface area (Å²) in [6, 6.07) is 0. The van der Waals surface area contributed by atoms with Crippen molar-refractivity contribution in [2.45, 2.75) is 19.6 Å². The molecule has 0 rings (SSSR count). The SMILES string of the molecule is C[Si](C)(C)C#C[B-](F)(F)F.[K+]. The van der Waals surface area contributed by atoms with Crippen LogP contribution in [0.15, 0.2) is 0 Å². The van der Waals surface area contributed by atoms with Gasteiger partial charge in [-0.05, 0) is 0 Å². The Morgan fingerprint density at radius 3 is 1.55 bits per heavy atom. The fourth-order valence-corrected chi connectivity index (χ4v) is 0.895. The molecule has 0 atom stereocenters.